The van der Waals surface area contributed by atoms with Gasteiger partial charge in [0.05, 0.1) is 41.1 Å². The zero-order valence-corrected chi connectivity index (χ0v) is 46.9. The second-order valence-corrected chi connectivity index (χ2v) is 28.7. The molecule has 75 heavy (non-hydrogen) atoms. The van der Waals surface area contributed by atoms with E-state index >= 15 is 4.79 Å². The number of nitrogens with one attached hydrogen (secondary N) is 1. The number of benzene rings is 1. The van der Waals surface area contributed by atoms with Gasteiger partial charge in [-0.25, -0.2) is 0 Å². The average molecular weight is 1030 g/mol. The fourth-order valence-corrected chi connectivity index (χ4v) is 19.8. The average Bonchev–Trinajstić information content (AvgIpc) is 3.86. The van der Waals surface area contributed by atoms with Crippen LogP contribution in [0.15, 0.2) is 41.7 Å². The Morgan fingerprint density at radius 3 is 2.24 bits per heavy atom. The van der Waals surface area contributed by atoms with Crippen molar-refractivity contribution in [2.24, 2.45) is 56.7 Å². The standard InChI is InChI=1S/C65H92N2O8/c1-37(68)48(69)30-38-14-15-46(29-38)65(8)51-17-23-63(6)58(62(51,5)22-18-52(65)72)57(73)47-36-67-35-45(28-39-26-43(40-12-10-9-11-13-40)31-44(27-39)41-19-24-74-25-20-41)55-56(67)42(34-66-55)16-21-61(4,32-50(71)59-60(2,3)75-59)54-49(70)33-64(63,7)53(47)54/h26-27,31,34-35,37-38,40-41,46-48,50-51,57-59,66,68-69,71,73H,9-25,28-30,32-33,36H2,1-8H3/t37-,38-,46-,47+,48+,50+,51+,57+,58+,59+,61-,62+,63-,64-,65-/m0/s1. The maximum atomic E-state index is 15.6. The summed E-state index contributed by atoms with van der Waals surface area (Å²) in [4.78, 5) is 34.2. The third kappa shape index (κ3) is 8.33. The molecule has 3 aliphatic heterocycles. The van der Waals surface area contributed by atoms with Crippen LogP contribution in [-0.2, 0) is 38.4 Å². The Morgan fingerprint density at radius 2 is 1.55 bits per heavy atom. The van der Waals surface area contributed by atoms with Crippen LogP contribution in [0.3, 0.4) is 0 Å². The highest BCUT2D eigenvalue weighted by Gasteiger charge is 2.74. The van der Waals surface area contributed by atoms with Gasteiger partial charge in [0.15, 0.2) is 5.78 Å². The molecule has 410 valence electrons. The third-order valence-electron chi connectivity index (χ3n) is 24.0. The van der Waals surface area contributed by atoms with Gasteiger partial charge in [-0.2, -0.15) is 0 Å². The maximum Gasteiger partial charge on any atom is 0.160 e. The van der Waals surface area contributed by atoms with Crippen molar-refractivity contribution < 1.29 is 39.5 Å². The number of rotatable bonds is 11. The number of hydrogen-bond donors (Lipinski definition) is 5. The van der Waals surface area contributed by atoms with Crippen molar-refractivity contribution in [3.05, 3.63) is 69.6 Å². The summed E-state index contributed by atoms with van der Waals surface area (Å²) in [6.45, 7) is 19.7. The molecule has 0 amide bonds. The minimum Gasteiger partial charge on any atom is -0.392 e. The first-order chi connectivity index (χ1) is 35.6. The van der Waals surface area contributed by atoms with Crippen LogP contribution >= 0.6 is 0 Å². The summed E-state index contributed by atoms with van der Waals surface area (Å²) in [5.41, 5.74) is 8.14. The van der Waals surface area contributed by atoms with Crippen molar-refractivity contribution in [2.75, 3.05) is 13.2 Å². The molecule has 12 rings (SSSR count). The lowest BCUT2D eigenvalue weighted by Crippen LogP contribution is -2.68. The summed E-state index contributed by atoms with van der Waals surface area (Å²) in [7, 11) is 0. The van der Waals surface area contributed by atoms with Crippen molar-refractivity contribution in [3.63, 3.8) is 0 Å². The Balaban J connectivity index is 0.968. The number of aromatic amines is 1. The van der Waals surface area contributed by atoms with Crippen LogP contribution in [0.1, 0.15) is 211 Å². The highest BCUT2D eigenvalue weighted by Crippen LogP contribution is 2.76. The van der Waals surface area contributed by atoms with Gasteiger partial charge in [-0.1, -0.05) is 78.5 Å². The lowest BCUT2D eigenvalue weighted by Gasteiger charge is -2.70. The number of H-pyrrole nitrogens is 1. The van der Waals surface area contributed by atoms with E-state index in [1.807, 2.05) is 13.8 Å². The topological polar surface area (TPSA) is 158 Å². The van der Waals surface area contributed by atoms with Crippen LogP contribution in [0.2, 0.25) is 0 Å². The SMILES string of the molecule is C[C@H](O)[C@H](O)C[C@H]1CC[C@H]([C@]2(C)C(=O)CC[C@]3(C)[C@H]2CC[C@@]2(C)[C@@H]3[C@H](O)[C@@H]3Cn4cc(Cc5cc(C6CCCCC6)cc(C6CCOCC6)c5)c5[nH]cc(c54)CC[C@@](C)(C[C@@H](O)[C@H]4OC4(C)C)C4=C3[C@]2(C)CC4=O)C1. The van der Waals surface area contributed by atoms with Gasteiger partial charge in [0.25, 0.3) is 0 Å². The first kappa shape index (κ1) is 52.6. The molecule has 5 N–H and O–H groups in total. The van der Waals surface area contributed by atoms with E-state index in [0.717, 1.165) is 94.1 Å². The second kappa shape index (κ2) is 18.7. The van der Waals surface area contributed by atoms with Gasteiger partial charge >= 0.3 is 0 Å². The number of hydrogen-bond acceptors (Lipinski definition) is 8. The molecule has 5 heterocycles. The van der Waals surface area contributed by atoms with E-state index in [4.69, 9.17) is 9.47 Å². The fourth-order valence-electron chi connectivity index (χ4n) is 19.8. The third-order valence-corrected chi connectivity index (χ3v) is 24.0. The van der Waals surface area contributed by atoms with Crippen LogP contribution in [0, 0.1) is 56.7 Å². The molecule has 3 aromatic rings. The highest BCUT2D eigenvalue weighted by atomic mass is 16.6. The zero-order valence-electron chi connectivity index (χ0n) is 46.9. The number of aromatic nitrogens is 2. The molecule has 5 saturated carbocycles. The number of aryl methyl sites for hydroxylation is 1. The Kier molecular flexibility index (Phi) is 13.1. The summed E-state index contributed by atoms with van der Waals surface area (Å²) in [6, 6.07) is 7.56. The monoisotopic (exact) mass is 1030 g/mol. The predicted molar refractivity (Wildman–Crippen MR) is 292 cm³/mol. The van der Waals surface area contributed by atoms with Gasteiger partial charge in [-0.05, 0) is 189 Å². The van der Waals surface area contributed by atoms with E-state index < -0.39 is 51.7 Å². The largest absolute Gasteiger partial charge is 0.392 e. The molecule has 10 heteroatoms. The van der Waals surface area contributed by atoms with Crippen LogP contribution in [0.25, 0.3) is 11.0 Å². The van der Waals surface area contributed by atoms with Gasteiger partial charge in [0.2, 0.25) is 0 Å². The Hall–Kier alpha value is -3.12. The summed E-state index contributed by atoms with van der Waals surface area (Å²) >= 11 is 0. The Labute approximate surface area is 447 Å². The van der Waals surface area contributed by atoms with Crippen molar-refractivity contribution in [1.82, 2.24) is 9.55 Å². The van der Waals surface area contributed by atoms with E-state index in [2.05, 4.69) is 74.8 Å². The van der Waals surface area contributed by atoms with Gasteiger partial charge < -0.3 is 39.5 Å². The van der Waals surface area contributed by atoms with E-state index in [9.17, 15) is 25.2 Å². The quantitative estimate of drug-likeness (QED) is 0.119. The predicted octanol–water partition coefficient (Wildman–Crippen LogP) is 11.6. The van der Waals surface area contributed by atoms with E-state index in [1.165, 1.54) is 65.4 Å². The number of carbonyl (C=O) groups excluding carboxylic acids is 2. The number of aliphatic hydroxyl groups excluding tert-OH is 4. The first-order valence-electron chi connectivity index (χ1n) is 30.2. The van der Waals surface area contributed by atoms with E-state index in [-0.39, 0.29) is 46.9 Å². The number of ether oxygens (including phenoxy) is 2. The van der Waals surface area contributed by atoms with Crippen LogP contribution in [0.4, 0.5) is 0 Å². The molecular formula is C65H92N2O8. The van der Waals surface area contributed by atoms with Gasteiger partial charge in [-0.3, -0.25) is 9.59 Å². The van der Waals surface area contributed by atoms with Crippen molar-refractivity contribution in [3.8, 4) is 0 Å². The van der Waals surface area contributed by atoms with Crippen molar-refractivity contribution >= 4 is 22.6 Å². The van der Waals surface area contributed by atoms with E-state index in [1.54, 1.807) is 6.92 Å². The van der Waals surface area contributed by atoms with Gasteiger partial charge in [-0.15, -0.1) is 0 Å². The molecule has 0 spiro atoms. The molecular weight excluding hydrogens is 937 g/mol. The number of nitrogens with zero attached hydrogens (tertiary/aromatic N) is 1. The number of carbonyl (C=O) groups is 2. The number of Topliss-reactive ketones (excluding diaryl/α,β-unsaturated/α-hetero) is 2. The molecule has 0 radical (unpaired) electrons. The Morgan fingerprint density at radius 1 is 0.840 bits per heavy atom. The Bertz CT molecular complexity index is 2700. The molecule has 1 aromatic carbocycles. The lowest BCUT2D eigenvalue weighted by atomic mass is 9.33. The summed E-state index contributed by atoms with van der Waals surface area (Å²) in [5, 5.41) is 47.2. The van der Waals surface area contributed by atoms with Crippen LogP contribution in [-0.4, -0.2) is 90.9 Å². The minimum absolute atomic E-state index is 0.0634. The highest BCUT2D eigenvalue weighted by molar-refractivity contribution is 6.02. The summed E-state index contributed by atoms with van der Waals surface area (Å²) in [6.07, 6.45) is 19.0. The van der Waals surface area contributed by atoms with Crippen molar-refractivity contribution in [2.45, 2.75) is 238 Å². The summed E-state index contributed by atoms with van der Waals surface area (Å²) in [5.74, 6) is 1.60. The molecule has 6 aliphatic carbocycles. The smallest absolute Gasteiger partial charge is 0.160 e. The lowest BCUT2D eigenvalue weighted by molar-refractivity contribution is -0.227. The minimum atomic E-state index is -0.785. The molecule has 2 saturated heterocycles. The molecule has 15 atom stereocenters. The van der Waals surface area contributed by atoms with Gasteiger partial charge in [0, 0.05) is 73.7 Å². The number of aliphatic hydroxyl groups is 4. The second-order valence-electron chi connectivity index (χ2n) is 28.7. The molecule has 2 aromatic heterocycles. The molecule has 9 aliphatic rings. The number of ketones is 2. The van der Waals surface area contributed by atoms with Crippen LogP contribution < -0.4 is 0 Å². The zero-order chi connectivity index (χ0) is 52.8. The first-order valence-corrected chi connectivity index (χ1v) is 30.2. The summed E-state index contributed by atoms with van der Waals surface area (Å²) < 4.78 is 14.4. The number of epoxide rings is 1. The normalized spacial score (nSPS) is 40.3. The van der Waals surface area contributed by atoms with Gasteiger partial charge in [0.1, 0.15) is 11.9 Å². The number of allylic oxidation sites excluding steroid dienone is 1. The molecule has 0 unspecified atom stereocenters. The number of fused-ring (bicyclic) bond motifs is 4. The molecule has 0 bridgehead atoms. The molecule has 10 nitrogen and oxygen atoms in total. The van der Waals surface area contributed by atoms with Crippen molar-refractivity contribution in [1.29, 1.82) is 0 Å². The van der Waals surface area contributed by atoms with E-state index in [0.29, 0.717) is 56.3 Å². The maximum absolute atomic E-state index is 15.6. The van der Waals surface area contributed by atoms with Crippen LogP contribution in [0.5, 0.6) is 0 Å². The fraction of sp³-hybridized carbons (Fsp3) is 0.754. The molecule has 7 fully saturated rings.